The molecule has 4 aromatic rings. The summed E-state index contributed by atoms with van der Waals surface area (Å²) in [6, 6.07) is 6.97. The summed E-state index contributed by atoms with van der Waals surface area (Å²) in [6.07, 6.45) is 6.53. The number of pyridine rings is 1. The van der Waals surface area contributed by atoms with Gasteiger partial charge in [0, 0.05) is 76.9 Å². The van der Waals surface area contributed by atoms with Crippen LogP contribution in [0.25, 0.3) is 11.1 Å². The zero-order valence-corrected chi connectivity index (χ0v) is 28.5. The fourth-order valence-electron chi connectivity index (χ4n) is 6.92. The van der Waals surface area contributed by atoms with Crippen LogP contribution in [0, 0.1) is 11.6 Å². The van der Waals surface area contributed by atoms with Gasteiger partial charge in [-0.3, -0.25) is 29.3 Å². The van der Waals surface area contributed by atoms with E-state index in [9.17, 15) is 18.8 Å². The van der Waals surface area contributed by atoms with Gasteiger partial charge in [0.2, 0.25) is 11.8 Å². The van der Waals surface area contributed by atoms with Crippen LogP contribution in [0.2, 0.25) is 10.0 Å². The normalized spacial score (nSPS) is 19.1. The number of nitrogen functional groups attached to an aromatic ring is 1. The Hall–Kier alpha value is -4.59. The van der Waals surface area contributed by atoms with Gasteiger partial charge in [-0.2, -0.15) is 5.10 Å². The van der Waals surface area contributed by atoms with E-state index in [0.717, 1.165) is 24.0 Å². The first-order valence-corrected chi connectivity index (χ1v) is 17.0. The van der Waals surface area contributed by atoms with Crippen LogP contribution in [0.15, 0.2) is 48.9 Å². The third-order valence-electron chi connectivity index (χ3n) is 9.66. The number of anilines is 1. The number of aromatic nitrogens is 3. The lowest BCUT2D eigenvalue weighted by Gasteiger charge is -2.32. The van der Waals surface area contributed by atoms with E-state index in [2.05, 4.69) is 20.3 Å². The van der Waals surface area contributed by atoms with Crippen molar-refractivity contribution in [3.8, 4) is 16.9 Å². The highest BCUT2D eigenvalue weighted by atomic mass is 35.5. The first-order chi connectivity index (χ1) is 24.0. The molecule has 7 rings (SSSR count). The second-order valence-corrected chi connectivity index (χ2v) is 13.6. The summed E-state index contributed by atoms with van der Waals surface area (Å²) in [5, 5.41) is 7.03. The van der Waals surface area contributed by atoms with E-state index in [1.165, 1.54) is 17.0 Å². The van der Waals surface area contributed by atoms with Crippen molar-refractivity contribution in [2.45, 2.75) is 63.9 Å². The molecule has 3 aliphatic heterocycles. The molecule has 2 atom stereocenters. The molecule has 3 amide bonds. The molecule has 0 saturated carbocycles. The Kier molecular flexibility index (Phi) is 9.22. The number of carbonyl (C=O) groups excluding carboxylic acids is 3. The van der Waals surface area contributed by atoms with Crippen molar-refractivity contribution in [2.24, 2.45) is 0 Å². The summed E-state index contributed by atoms with van der Waals surface area (Å²) in [4.78, 5) is 44.8. The Morgan fingerprint density at radius 1 is 1.06 bits per heavy atom. The molecule has 2 aromatic carbocycles. The number of hydrogen-bond donors (Lipinski definition) is 2. The fourth-order valence-corrected chi connectivity index (χ4v) is 7.59. The van der Waals surface area contributed by atoms with E-state index in [4.69, 9.17) is 33.7 Å². The molecule has 11 nitrogen and oxygen atoms in total. The molecule has 0 aliphatic carbocycles. The molecular formula is C35H33Cl2F2N7O4. The Bertz CT molecular complexity index is 2020. The third kappa shape index (κ3) is 6.40. The van der Waals surface area contributed by atoms with Crippen LogP contribution in [0.1, 0.15) is 71.8 Å². The predicted molar refractivity (Wildman–Crippen MR) is 181 cm³/mol. The number of nitrogens with two attached hydrogens (primary N) is 1. The zero-order valence-electron chi connectivity index (χ0n) is 27.0. The van der Waals surface area contributed by atoms with Crippen LogP contribution in [-0.4, -0.2) is 61.4 Å². The zero-order chi connectivity index (χ0) is 35.3. The number of amides is 3. The van der Waals surface area contributed by atoms with Gasteiger partial charge in [-0.25, -0.2) is 13.8 Å². The molecule has 1 unspecified atom stereocenters. The molecular weight excluding hydrogens is 691 g/mol. The van der Waals surface area contributed by atoms with Gasteiger partial charge in [-0.15, -0.1) is 0 Å². The number of halogens is 4. The molecule has 0 spiro atoms. The summed E-state index contributed by atoms with van der Waals surface area (Å²) in [5.41, 5.74) is 8.99. The van der Waals surface area contributed by atoms with Gasteiger partial charge in [0.05, 0.1) is 23.8 Å². The van der Waals surface area contributed by atoms with Crippen LogP contribution >= 0.6 is 23.2 Å². The van der Waals surface area contributed by atoms with Gasteiger partial charge >= 0.3 is 0 Å². The molecule has 2 saturated heterocycles. The minimum absolute atomic E-state index is 0.00426. The number of hydrogen-bond acceptors (Lipinski definition) is 8. The van der Waals surface area contributed by atoms with Gasteiger partial charge in [0.15, 0.2) is 11.6 Å². The molecule has 15 heteroatoms. The number of piperidine rings is 2. The first kappa shape index (κ1) is 33.9. The van der Waals surface area contributed by atoms with E-state index >= 15 is 4.39 Å². The molecule has 260 valence electrons. The van der Waals surface area contributed by atoms with Crippen LogP contribution in [0.5, 0.6) is 5.75 Å². The minimum atomic E-state index is -0.793. The van der Waals surface area contributed by atoms with Crippen molar-refractivity contribution in [2.75, 3.05) is 18.8 Å². The maximum absolute atomic E-state index is 15.7. The van der Waals surface area contributed by atoms with Gasteiger partial charge < -0.3 is 15.4 Å². The number of benzene rings is 2. The van der Waals surface area contributed by atoms with E-state index in [1.54, 1.807) is 37.5 Å². The molecule has 5 heterocycles. The third-order valence-corrected chi connectivity index (χ3v) is 10.4. The molecule has 0 radical (unpaired) electrons. The highest BCUT2D eigenvalue weighted by Gasteiger charge is 2.40. The van der Waals surface area contributed by atoms with Crippen LogP contribution in [0.3, 0.4) is 0 Å². The average molecular weight is 725 g/mol. The number of imide groups is 1. The Balaban J connectivity index is 0.979. The first-order valence-electron chi connectivity index (χ1n) is 16.3. The number of nitrogens with one attached hydrogen (secondary N) is 1. The van der Waals surface area contributed by atoms with Crippen molar-refractivity contribution < 1.29 is 27.9 Å². The quantitative estimate of drug-likeness (QED) is 0.171. The number of fused-ring (bicyclic) bond motifs is 1. The van der Waals surface area contributed by atoms with E-state index in [0.29, 0.717) is 36.5 Å². The lowest BCUT2D eigenvalue weighted by atomic mass is 10.0. The standard InChI is InChI=1S/C35H33Cl2F2N7O4/c1-18(30-25(36)4-5-26(38)31(30)37)50-28-12-20(13-41-33(28)40)21-14-42-46(16-21)22-8-10-44(11-9-22)15-19-2-3-23-24(32(19)39)17-45(35(23)49)27-6-7-29(47)43-34(27)48/h2-5,12-14,16,18,22,27H,6-11,15,17H2,1H3,(H2,40,41)(H,43,47,48)/t18-,27?/m1/s1. The van der Waals surface area contributed by atoms with Crippen LogP contribution in [0.4, 0.5) is 14.6 Å². The van der Waals surface area contributed by atoms with Gasteiger partial charge in [0.25, 0.3) is 5.91 Å². The highest BCUT2D eigenvalue weighted by Crippen LogP contribution is 2.38. The highest BCUT2D eigenvalue weighted by molar-refractivity contribution is 6.36. The largest absolute Gasteiger partial charge is 0.482 e. The van der Waals surface area contributed by atoms with E-state index < -0.39 is 35.6 Å². The van der Waals surface area contributed by atoms with Crippen molar-refractivity contribution in [1.82, 2.24) is 29.9 Å². The predicted octanol–water partition coefficient (Wildman–Crippen LogP) is 5.85. The monoisotopic (exact) mass is 723 g/mol. The van der Waals surface area contributed by atoms with Crippen molar-refractivity contribution in [3.05, 3.63) is 92.9 Å². The number of likely N-dealkylation sites (tertiary alicyclic amines) is 1. The lowest BCUT2D eigenvalue weighted by Crippen LogP contribution is -2.52. The number of rotatable bonds is 8. The number of ether oxygens (including phenoxy) is 1. The second kappa shape index (κ2) is 13.6. The van der Waals surface area contributed by atoms with Gasteiger partial charge in [-0.05, 0) is 50.5 Å². The Morgan fingerprint density at radius 3 is 2.60 bits per heavy atom. The Labute approximate surface area is 296 Å². The molecule has 50 heavy (non-hydrogen) atoms. The SMILES string of the molecule is C[C@@H](Oc1cc(-c2cnn(C3CCN(Cc4ccc5c(c4F)CN(C4CCC(=O)NC4=O)C5=O)CC3)c2)cnc1N)c1c(Cl)ccc(F)c1Cl. The molecule has 3 aliphatic rings. The Morgan fingerprint density at radius 2 is 1.84 bits per heavy atom. The lowest BCUT2D eigenvalue weighted by molar-refractivity contribution is -0.136. The molecule has 0 bridgehead atoms. The van der Waals surface area contributed by atoms with Crippen molar-refractivity contribution >= 4 is 46.7 Å². The summed E-state index contributed by atoms with van der Waals surface area (Å²) in [7, 11) is 0. The average Bonchev–Trinajstić information content (AvgIpc) is 3.71. The molecule has 3 N–H and O–H groups in total. The smallest absolute Gasteiger partial charge is 0.255 e. The minimum Gasteiger partial charge on any atom is -0.482 e. The van der Waals surface area contributed by atoms with Crippen LogP contribution in [-0.2, 0) is 22.7 Å². The second-order valence-electron chi connectivity index (χ2n) is 12.8. The van der Waals surface area contributed by atoms with Crippen molar-refractivity contribution in [1.29, 1.82) is 0 Å². The number of carbonyl (C=O) groups is 3. The van der Waals surface area contributed by atoms with E-state index in [1.807, 2.05) is 10.9 Å². The fraction of sp³-hybridized carbons (Fsp3) is 0.343. The summed E-state index contributed by atoms with van der Waals surface area (Å²) in [5.74, 6) is -1.88. The summed E-state index contributed by atoms with van der Waals surface area (Å²) < 4.78 is 37.8. The number of nitrogens with zero attached hydrogens (tertiary/aromatic N) is 5. The molecule has 2 fully saturated rings. The maximum atomic E-state index is 15.7. The molecule has 2 aromatic heterocycles. The van der Waals surface area contributed by atoms with Gasteiger partial charge in [0.1, 0.15) is 23.8 Å². The van der Waals surface area contributed by atoms with Crippen LogP contribution < -0.4 is 15.8 Å². The topological polar surface area (TPSA) is 136 Å². The van der Waals surface area contributed by atoms with Crippen molar-refractivity contribution in [3.63, 3.8) is 0 Å². The summed E-state index contributed by atoms with van der Waals surface area (Å²) >= 11 is 12.5. The summed E-state index contributed by atoms with van der Waals surface area (Å²) in [6.45, 7) is 3.49. The van der Waals surface area contributed by atoms with Gasteiger partial charge in [-0.1, -0.05) is 29.3 Å². The maximum Gasteiger partial charge on any atom is 0.255 e. The van der Waals surface area contributed by atoms with E-state index in [-0.39, 0.29) is 58.3 Å².